The van der Waals surface area contributed by atoms with Crippen LogP contribution in [-0.4, -0.2) is 45.1 Å². The zero-order chi connectivity index (χ0) is 15.1. The molecule has 1 rings (SSSR count). The lowest BCUT2D eigenvalue weighted by Gasteiger charge is -2.25. The number of methoxy groups -OCH3 is 1. The Morgan fingerprint density at radius 3 is 2.60 bits per heavy atom. The van der Waals surface area contributed by atoms with E-state index in [4.69, 9.17) is 15.6 Å². The largest absolute Gasteiger partial charge is 0.432 e. The second-order valence-electron chi connectivity index (χ2n) is 3.92. The highest BCUT2D eigenvalue weighted by molar-refractivity contribution is 5.70. The Balaban J connectivity index is 3.05. The van der Waals surface area contributed by atoms with Crippen molar-refractivity contribution in [1.29, 1.82) is 0 Å². The molecule has 1 aromatic carbocycles. The Labute approximate surface area is 114 Å². The van der Waals surface area contributed by atoms with E-state index in [1.807, 2.05) is 0 Å². The van der Waals surface area contributed by atoms with Crippen molar-refractivity contribution in [1.82, 2.24) is 0 Å². The van der Waals surface area contributed by atoms with Crippen LogP contribution in [0.25, 0.3) is 0 Å². The van der Waals surface area contributed by atoms with E-state index in [1.165, 1.54) is 7.11 Å². The van der Waals surface area contributed by atoms with Crippen LogP contribution in [0.3, 0.4) is 0 Å². The van der Waals surface area contributed by atoms with Gasteiger partial charge in [-0.15, -0.1) is 0 Å². The standard InChI is InChI=1S/C12H17F3N2O3/c1-19-5-3-17(2-4-18)10-7-11(20-12(14)15)8(13)6-9(10)16/h6-7,12,18H,2-5,16H2,1H3. The molecule has 0 aliphatic heterocycles. The number of hydrogen-bond acceptors (Lipinski definition) is 5. The molecule has 0 amide bonds. The van der Waals surface area contributed by atoms with Crippen LogP contribution in [0.1, 0.15) is 0 Å². The molecule has 0 saturated heterocycles. The van der Waals surface area contributed by atoms with Crippen molar-refractivity contribution in [2.24, 2.45) is 0 Å². The van der Waals surface area contributed by atoms with Crippen LogP contribution in [-0.2, 0) is 4.74 Å². The van der Waals surface area contributed by atoms with Crippen molar-refractivity contribution in [2.75, 3.05) is 44.0 Å². The van der Waals surface area contributed by atoms with Crippen molar-refractivity contribution >= 4 is 11.4 Å². The van der Waals surface area contributed by atoms with Gasteiger partial charge in [0.1, 0.15) is 0 Å². The number of alkyl halides is 2. The number of rotatable bonds is 8. The van der Waals surface area contributed by atoms with Crippen molar-refractivity contribution < 1.29 is 27.8 Å². The van der Waals surface area contributed by atoms with Gasteiger partial charge in [0.15, 0.2) is 11.6 Å². The van der Waals surface area contributed by atoms with Crippen molar-refractivity contribution in [2.45, 2.75) is 6.61 Å². The third-order valence-corrected chi connectivity index (χ3v) is 2.57. The molecular weight excluding hydrogens is 277 g/mol. The van der Waals surface area contributed by atoms with Crippen LogP contribution >= 0.6 is 0 Å². The van der Waals surface area contributed by atoms with Gasteiger partial charge in [-0.05, 0) is 0 Å². The monoisotopic (exact) mass is 294 g/mol. The molecule has 0 atom stereocenters. The predicted molar refractivity (Wildman–Crippen MR) is 68.6 cm³/mol. The number of ether oxygens (including phenoxy) is 2. The molecule has 3 N–H and O–H groups in total. The Hall–Kier alpha value is -1.67. The third kappa shape index (κ3) is 4.46. The van der Waals surface area contributed by atoms with Crippen molar-refractivity contribution in [3.05, 3.63) is 17.9 Å². The molecule has 5 nitrogen and oxygen atoms in total. The molecule has 114 valence electrons. The molecule has 0 radical (unpaired) electrons. The average molecular weight is 294 g/mol. The van der Waals surface area contributed by atoms with Gasteiger partial charge in [0.2, 0.25) is 0 Å². The van der Waals surface area contributed by atoms with E-state index in [9.17, 15) is 13.2 Å². The van der Waals surface area contributed by atoms with Crippen LogP contribution in [0.4, 0.5) is 24.5 Å². The number of aliphatic hydroxyl groups excluding tert-OH is 1. The van der Waals surface area contributed by atoms with E-state index >= 15 is 0 Å². The molecule has 0 aliphatic carbocycles. The fourth-order valence-corrected chi connectivity index (χ4v) is 1.69. The number of benzene rings is 1. The lowest BCUT2D eigenvalue weighted by molar-refractivity contribution is -0.0521. The van der Waals surface area contributed by atoms with Crippen LogP contribution in [0.2, 0.25) is 0 Å². The summed E-state index contributed by atoms with van der Waals surface area (Å²) in [7, 11) is 1.50. The third-order valence-electron chi connectivity index (χ3n) is 2.57. The van der Waals surface area contributed by atoms with Gasteiger partial charge in [-0.2, -0.15) is 8.78 Å². The Bertz CT molecular complexity index is 433. The Morgan fingerprint density at radius 1 is 1.35 bits per heavy atom. The molecular formula is C12H17F3N2O3. The van der Waals surface area contributed by atoms with E-state index in [2.05, 4.69) is 4.74 Å². The molecule has 8 heteroatoms. The van der Waals surface area contributed by atoms with Crippen molar-refractivity contribution in [3.8, 4) is 5.75 Å². The van der Waals surface area contributed by atoms with E-state index < -0.39 is 18.2 Å². The quantitative estimate of drug-likeness (QED) is 0.710. The summed E-state index contributed by atoms with van der Waals surface area (Å²) in [5, 5.41) is 9.01. The van der Waals surface area contributed by atoms with Gasteiger partial charge >= 0.3 is 6.61 Å². The highest BCUT2D eigenvalue weighted by Gasteiger charge is 2.17. The summed E-state index contributed by atoms with van der Waals surface area (Å²) >= 11 is 0. The molecule has 0 bridgehead atoms. The molecule has 0 saturated carbocycles. The predicted octanol–water partition coefficient (Wildman–Crippen LogP) is 1.45. The van der Waals surface area contributed by atoms with Gasteiger partial charge in [-0.1, -0.05) is 0 Å². The summed E-state index contributed by atoms with van der Waals surface area (Å²) in [4.78, 5) is 1.59. The van der Waals surface area contributed by atoms with Crippen LogP contribution in [0, 0.1) is 5.82 Å². The molecule has 20 heavy (non-hydrogen) atoms. The molecule has 0 heterocycles. The van der Waals surface area contributed by atoms with Crippen LogP contribution in [0.5, 0.6) is 5.75 Å². The normalized spacial score (nSPS) is 10.9. The summed E-state index contributed by atoms with van der Waals surface area (Å²) in [6, 6.07) is 1.99. The molecule has 0 aliphatic rings. The number of aliphatic hydroxyl groups is 1. The zero-order valence-corrected chi connectivity index (χ0v) is 11.0. The van der Waals surface area contributed by atoms with E-state index in [0.29, 0.717) is 18.8 Å². The van der Waals surface area contributed by atoms with Gasteiger partial charge in [0.25, 0.3) is 0 Å². The highest BCUT2D eigenvalue weighted by Crippen LogP contribution is 2.31. The molecule has 0 spiro atoms. The smallest absolute Gasteiger partial charge is 0.387 e. The fraction of sp³-hybridized carbons (Fsp3) is 0.500. The van der Waals surface area contributed by atoms with Crippen molar-refractivity contribution in [3.63, 3.8) is 0 Å². The van der Waals surface area contributed by atoms with E-state index in [1.54, 1.807) is 4.90 Å². The lowest BCUT2D eigenvalue weighted by atomic mass is 10.2. The summed E-state index contributed by atoms with van der Waals surface area (Å²) < 4.78 is 46.8. The van der Waals surface area contributed by atoms with Gasteiger partial charge in [-0.3, -0.25) is 0 Å². The number of nitrogens with two attached hydrogens (primary N) is 1. The number of nitrogen functional groups attached to an aromatic ring is 1. The molecule has 1 aromatic rings. The zero-order valence-electron chi connectivity index (χ0n) is 11.0. The van der Waals surface area contributed by atoms with Gasteiger partial charge < -0.3 is 25.2 Å². The Morgan fingerprint density at radius 2 is 2.05 bits per heavy atom. The Kier molecular flexibility index (Phi) is 6.40. The van der Waals surface area contributed by atoms with Gasteiger partial charge in [-0.25, -0.2) is 4.39 Å². The molecule has 0 aromatic heterocycles. The fourth-order valence-electron chi connectivity index (χ4n) is 1.69. The first-order valence-electron chi connectivity index (χ1n) is 5.88. The number of anilines is 2. The first kappa shape index (κ1) is 16.4. The topological polar surface area (TPSA) is 68.0 Å². The van der Waals surface area contributed by atoms with Crippen LogP contribution < -0.4 is 15.4 Å². The second-order valence-corrected chi connectivity index (χ2v) is 3.92. The first-order chi connectivity index (χ1) is 9.49. The van der Waals surface area contributed by atoms with Crippen LogP contribution in [0.15, 0.2) is 12.1 Å². The first-order valence-corrected chi connectivity index (χ1v) is 5.88. The SMILES string of the molecule is COCCN(CCO)c1cc(OC(F)F)c(F)cc1N. The lowest BCUT2D eigenvalue weighted by Crippen LogP contribution is -2.31. The maximum Gasteiger partial charge on any atom is 0.387 e. The maximum atomic E-state index is 13.5. The van der Waals surface area contributed by atoms with E-state index in [0.717, 1.165) is 12.1 Å². The van der Waals surface area contributed by atoms with Gasteiger partial charge in [0.05, 0.1) is 24.6 Å². The van der Waals surface area contributed by atoms with Gasteiger partial charge in [0, 0.05) is 32.3 Å². The maximum absolute atomic E-state index is 13.5. The molecule has 0 unspecified atom stereocenters. The second kappa shape index (κ2) is 7.81. The summed E-state index contributed by atoms with van der Waals surface area (Å²) in [5.41, 5.74) is 6.04. The summed E-state index contributed by atoms with van der Waals surface area (Å²) in [6.07, 6.45) is 0. The number of nitrogens with zero attached hydrogens (tertiary/aromatic N) is 1. The number of halogens is 3. The molecule has 0 fully saturated rings. The number of hydrogen-bond donors (Lipinski definition) is 2. The summed E-state index contributed by atoms with van der Waals surface area (Å²) in [5.74, 6) is -1.56. The highest BCUT2D eigenvalue weighted by atomic mass is 19.3. The minimum Gasteiger partial charge on any atom is -0.432 e. The van der Waals surface area contributed by atoms with E-state index in [-0.39, 0.29) is 18.8 Å². The minimum absolute atomic E-state index is 0.0636. The summed E-state index contributed by atoms with van der Waals surface area (Å²) in [6.45, 7) is -2.41. The minimum atomic E-state index is -3.13. The average Bonchev–Trinajstić information content (AvgIpc) is 2.37.